The van der Waals surface area contributed by atoms with Gasteiger partial charge in [0.1, 0.15) is 0 Å². The van der Waals surface area contributed by atoms with Gasteiger partial charge in [-0.2, -0.15) is 0 Å². The number of hydrogen-bond acceptors (Lipinski definition) is 3. The summed E-state index contributed by atoms with van der Waals surface area (Å²) >= 11 is 0. The highest BCUT2D eigenvalue weighted by atomic mass is 16.5. The van der Waals surface area contributed by atoms with Crippen molar-refractivity contribution in [1.82, 2.24) is 0 Å². The van der Waals surface area contributed by atoms with Crippen LogP contribution in [-0.4, -0.2) is 36.1 Å². The summed E-state index contributed by atoms with van der Waals surface area (Å²) < 4.78 is 5.21. The Morgan fingerprint density at radius 2 is 2.00 bits per heavy atom. The van der Waals surface area contributed by atoms with Crippen LogP contribution in [0.1, 0.15) is 26.2 Å². The quantitative estimate of drug-likeness (QED) is 0.537. The van der Waals surface area contributed by atoms with E-state index in [1.807, 2.05) is 6.92 Å². The first-order valence-corrected chi connectivity index (χ1v) is 4.18. The molecule has 1 atom stereocenters. The summed E-state index contributed by atoms with van der Waals surface area (Å²) in [6.07, 6.45) is 2.52. The second kappa shape index (κ2) is 7.98. The van der Waals surface area contributed by atoms with Gasteiger partial charge in [0.2, 0.25) is 0 Å². The Balaban J connectivity index is 3.20. The summed E-state index contributed by atoms with van der Waals surface area (Å²) in [5.41, 5.74) is 0. The van der Waals surface area contributed by atoms with Gasteiger partial charge in [-0.25, -0.2) is 0 Å². The molecule has 0 rings (SSSR count). The normalized spacial score (nSPS) is 13.4. The van der Waals surface area contributed by atoms with Gasteiger partial charge in [-0.1, -0.05) is 0 Å². The van der Waals surface area contributed by atoms with E-state index in [1.54, 1.807) is 0 Å². The number of unbranched alkanes of at least 4 members (excludes halogenated alkanes) is 1. The molecule has 0 radical (unpaired) electrons. The Kier molecular flexibility index (Phi) is 7.89. The third-order valence-corrected chi connectivity index (χ3v) is 1.54. The molecule has 0 aliphatic heterocycles. The fourth-order valence-electron chi connectivity index (χ4n) is 0.947. The molecule has 0 aliphatic carbocycles. The minimum Gasteiger partial charge on any atom is -0.396 e. The third-order valence-electron chi connectivity index (χ3n) is 1.54. The van der Waals surface area contributed by atoms with E-state index in [1.165, 1.54) is 0 Å². The Bertz CT molecular complexity index is 75.7. The number of aliphatic hydroxyl groups excluding tert-OH is 2. The average molecular weight is 162 g/mol. The van der Waals surface area contributed by atoms with Crippen molar-refractivity contribution in [3.8, 4) is 0 Å². The molecular formula is C8H18O3. The van der Waals surface area contributed by atoms with Crippen LogP contribution in [0.4, 0.5) is 0 Å². The van der Waals surface area contributed by atoms with Crippen molar-refractivity contribution >= 4 is 0 Å². The van der Waals surface area contributed by atoms with Gasteiger partial charge in [-0.05, 0) is 26.2 Å². The Hall–Kier alpha value is -0.120. The number of aliphatic hydroxyl groups is 2. The van der Waals surface area contributed by atoms with Crippen LogP contribution in [0.5, 0.6) is 0 Å². The molecule has 0 aliphatic rings. The number of rotatable bonds is 7. The highest BCUT2D eigenvalue weighted by molar-refractivity contribution is 4.55. The fraction of sp³-hybridized carbons (Fsp3) is 1.00. The van der Waals surface area contributed by atoms with Gasteiger partial charge in [0.15, 0.2) is 0 Å². The predicted octanol–water partition coefficient (Wildman–Crippen LogP) is 0.546. The lowest BCUT2D eigenvalue weighted by atomic mass is 10.2. The van der Waals surface area contributed by atoms with E-state index in [0.717, 1.165) is 19.3 Å². The van der Waals surface area contributed by atoms with E-state index < -0.39 is 0 Å². The standard InChI is InChI=1S/C8H18O3/c1-2-11-8(7-10)5-3-4-6-9/h8-10H,2-7H2,1H3. The van der Waals surface area contributed by atoms with E-state index >= 15 is 0 Å². The van der Waals surface area contributed by atoms with Crippen LogP contribution in [0, 0.1) is 0 Å². The van der Waals surface area contributed by atoms with Gasteiger partial charge in [-0.15, -0.1) is 0 Å². The second-order valence-electron chi connectivity index (χ2n) is 2.48. The van der Waals surface area contributed by atoms with Crippen LogP contribution in [0.15, 0.2) is 0 Å². The molecule has 3 nitrogen and oxygen atoms in total. The zero-order valence-corrected chi connectivity index (χ0v) is 7.12. The molecule has 0 aromatic rings. The average Bonchev–Trinajstić information content (AvgIpc) is 2.03. The molecule has 0 bridgehead atoms. The van der Waals surface area contributed by atoms with Crippen molar-refractivity contribution in [3.05, 3.63) is 0 Å². The predicted molar refractivity (Wildman–Crippen MR) is 43.4 cm³/mol. The van der Waals surface area contributed by atoms with E-state index in [4.69, 9.17) is 14.9 Å². The lowest BCUT2D eigenvalue weighted by Gasteiger charge is -2.12. The molecule has 0 heterocycles. The van der Waals surface area contributed by atoms with Crippen LogP contribution >= 0.6 is 0 Å². The van der Waals surface area contributed by atoms with Crippen molar-refractivity contribution in [3.63, 3.8) is 0 Å². The molecule has 2 N–H and O–H groups in total. The Morgan fingerprint density at radius 1 is 1.27 bits per heavy atom. The first-order chi connectivity index (χ1) is 5.35. The van der Waals surface area contributed by atoms with Crippen molar-refractivity contribution in [2.45, 2.75) is 32.3 Å². The van der Waals surface area contributed by atoms with Crippen LogP contribution in [-0.2, 0) is 4.74 Å². The molecule has 0 aromatic carbocycles. The molecule has 0 aromatic heterocycles. The Morgan fingerprint density at radius 3 is 2.45 bits per heavy atom. The van der Waals surface area contributed by atoms with Gasteiger partial charge in [-0.3, -0.25) is 0 Å². The van der Waals surface area contributed by atoms with E-state index in [-0.39, 0.29) is 19.3 Å². The van der Waals surface area contributed by atoms with E-state index in [9.17, 15) is 0 Å². The molecule has 11 heavy (non-hydrogen) atoms. The fourth-order valence-corrected chi connectivity index (χ4v) is 0.947. The molecular weight excluding hydrogens is 144 g/mol. The minimum absolute atomic E-state index is 0.0356. The Labute approximate surface area is 68.0 Å². The van der Waals surface area contributed by atoms with Gasteiger partial charge >= 0.3 is 0 Å². The van der Waals surface area contributed by atoms with Crippen LogP contribution in [0.25, 0.3) is 0 Å². The minimum atomic E-state index is -0.0356. The summed E-state index contributed by atoms with van der Waals surface area (Å²) in [7, 11) is 0. The molecule has 0 fully saturated rings. The smallest absolute Gasteiger partial charge is 0.0805 e. The van der Waals surface area contributed by atoms with Gasteiger partial charge in [0.25, 0.3) is 0 Å². The highest BCUT2D eigenvalue weighted by Gasteiger charge is 2.04. The monoisotopic (exact) mass is 162 g/mol. The molecule has 0 saturated carbocycles. The summed E-state index contributed by atoms with van der Waals surface area (Å²) in [5.74, 6) is 0. The van der Waals surface area contributed by atoms with Gasteiger partial charge in [0.05, 0.1) is 12.7 Å². The van der Waals surface area contributed by atoms with Gasteiger partial charge < -0.3 is 14.9 Å². The lowest BCUT2D eigenvalue weighted by Crippen LogP contribution is -2.17. The topological polar surface area (TPSA) is 49.7 Å². The molecule has 1 unspecified atom stereocenters. The maximum Gasteiger partial charge on any atom is 0.0805 e. The molecule has 0 spiro atoms. The zero-order valence-electron chi connectivity index (χ0n) is 7.12. The summed E-state index contributed by atoms with van der Waals surface area (Å²) in [5, 5.41) is 17.2. The largest absolute Gasteiger partial charge is 0.396 e. The summed E-state index contributed by atoms with van der Waals surface area (Å²) in [4.78, 5) is 0. The lowest BCUT2D eigenvalue weighted by molar-refractivity contribution is 0.0130. The molecule has 0 amide bonds. The van der Waals surface area contributed by atoms with Crippen molar-refractivity contribution in [1.29, 1.82) is 0 Å². The SMILES string of the molecule is CCOC(CO)CCCCO. The van der Waals surface area contributed by atoms with E-state index in [0.29, 0.717) is 6.61 Å². The van der Waals surface area contributed by atoms with Crippen molar-refractivity contribution < 1.29 is 14.9 Å². The first-order valence-electron chi connectivity index (χ1n) is 4.18. The zero-order chi connectivity index (χ0) is 8.53. The van der Waals surface area contributed by atoms with Crippen LogP contribution in [0.3, 0.4) is 0 Å². The van der Waals surface area contributed by atoms with Crippen molar-refractivity contribution in [2.24, 2.45) is 0 Å². The maximum absolute atomic E-state index is 8.77. The molecule has 68 valence electrons. The number of ether oxygens (including phenoxy) is 1. The van der Waals surface area contributed by atoms with Gasteiger partial charge in [0, 0.05) is 13.2 Å². The number of hydrogen-bond donors (Lipinski definition) is 2. The highest BCUT2D eigenvalue weighted by Crippen LogP contribution is 2.03. The van der Waals surface area contributed by atoms with Crippen molar-refractivity contribution in [2.75, 3.05) is 19.8 Å². The van der Waals surface area contributed by atoms with Crippen LogP contribution < -0.4 is 0 Å². The summed E-state index contributed by atoms with van der Waals surface area (Å²) in [6, 6.07) is 0. The van der Waals surface area contributed by atoms with Crippen LogP contribution in [0.2, 0.25) is 0 Å². The first kappa shape index (κ1) is 10.9. The maximum atomic E-state index is 8.77. The molecule has 0 saturated heterocycles. The second-order valence-corrected chi connectivity index (χ2v) is 2.48. The summed E-state index contributed by atoms with van der Waals surface area (Å²) in [6.45, 7) is 2.86. The van der Waals surface area contributed by atoms with E-state index in [2.05, 4.69) is 0 Å². The third kappa shape index (κ3) is 6.28. The molecule has 3 heteroatoms.